The second kappa shape index (κ2) is 9.24. The molecule has 2 amide bonds. The van der Waals surface area contributed by atoms with Gasteiger partial charge < -0.3 is 9.64 Å². The minimum Gasteiger partial charge on any atom is -0.444 e. The van der Waals surface area contributed by atoms with Crippen LogP contribution in [0.4, 0.5) is 9.93 Å². The molecule has 8 heteroatoms. The number of nitrogens with one attached hydrogen (secondary N) is 1. The molecule has 2 saturated heterocycles. The summed E-state index contributed by atoms with van der Waals surface area (Å²) in [5, 5.41) is 3.53. The number of rotatable bonds is 4. The number of ether oxygens (including phenoxy) is 1. The molecule has 184 valence electrons. The zero-order valence-corrected chi connectivity index (χ0v) is 21.4. The Balaban J connectivity index is 1.09. The van der Waals surface area contributed by atoms with Crippen LogP contribution < -0.4 is 5.32 Å². The SMILES string of the molecule is CC(C)(C)OC(=O)N1CC2(CCN(Cc3ccc(C(=O)Nc4nc5ccccc5s4)cc3)CC2)C1. The molecule has 7 nitrogen and oxygen atoms in total. The molecular formula is C27H32N4O3S. The summed E-state index contributed by atoms with van der Waals surface area (Å²) in [6.45, 7) is 10.2. The van der Waals surface area contributed by atoms with Crippen LogP contribution in [0.15, 0.2) is 48.5 Å². The highest BCUT2D eigenvalue weighted by molar-refractivity contribution is 7.22. The first-order chi connectivity index (χ1) is 16.7. The van der Waals surface area contributed by atoms with Crippen LogP contribution in [0.5, 0.6) is 0 Å². The van der Waals surface area contributed by atoms with Crippen LogP contribution in [0.25, 0.3) is 10.2 Å². The first-order valence-electron chi connectivity index (χ1n) is 12.1. The standard InChI is InChI=1S/C27H32N4O3S/c1-26(2,3)34-25(33)31-17-27(18-31)12-14-30(15-13-27)16-19-8-10-20(11-9-19)23(32)29-24-28-21-6-4-5-7-22(21)35-24/h4-11H,12-18H2,1-3H3,(H,28,29,32). The minimum absolute atomic E-state index is 0.143. The van der Waals surface area contributed by atoms with E-state index in [0.717, 1.165) is 55.8 Å². The number of likely N-dealkylation sites (tertiary alicyclic amines) is 2. The predicted octanol–water partition coefficient (Wildman–Crippen LogP) is 5.38. The maximum atomic E-state index is 12.7. The van der Waals surface area contributed by atoms with E-state index in [1.165, 1.54) is 16.9 Å². The highest BCUT2D eigenvalue weighted by atomic mass is 32.1. The van der Waals surface area contributed by atoms with Crippen LogP contribution in [0.3, 0.4) is 0 Å². The highest BCUT2D eigenvalue weighted by Crippen LogP contribution is 2.41. The van der Waals surface area contributed by atoms with Gasteiger partial charge in [0.25, 0.3) is 5.91 Å². The number of anilines is 1. The van der Waals surface area contributed by atoms with Crippen LogP contribution in [0.2, 0.25) is 0 Å². The second-order valence-corrected chi connectivity index (χ2v) is 11.8. The van der Waals surface area contributed by atoms with Gasteiger partial charge in [0.2, 0.25) is 0 Å². The van der Waals surface area contributed by atoms with Gasteiger partial charge in [0.15, 0.2) is 5.13 Å². The topological polar surface area (TPSA) is 74.8 Å². The zero-order valence-electron chi connectivity index (χ0n) is 20.5. The summed E-state index contributed by atoms with van der Waals surface area (Å²) in [6.07, 6.45) is 1.99. The molecule has 3 heterocycles. The van der Waals surface area contributed by atoms with E-state index in [1.54, 1.807) is 0 Å². The van der Waals surface area contributed by atoms with E-state index >= 15 is 0 Å². The molecule has 0 bridgehead atoms. The van der Waals surface area contributed by atoms with Crippen molar-refractivity contribution < 1.29 is 14.3 Å². The fourth-order valence-electron chi connectivity index (χ4n) is 4.84. The van der Waals surface area contributed by atoms with Gasteiger partial charge in [0.1, 0.15) is 5.60 Å². The number of amides is 2. The number of nitrogens with zero attached hydrogens (tertiary/aromatic N) is 3. The minimum atomic E-state index is -0.449. The van der Waals surface area contributed by atoms with Crippen molar-refractivity contribution in [1.29, 1.82) is 0 Å². The predicted molar refractivity (Wildman–Crippen MR) is 139 cm³/mol. The van der Waals surface area contributed by atoms with Crippen molar-refractivity contribution >= 4 is 38.7 Å². The molecule has 2 aliphatic heterocycles. The number of benzene rings is 2. The normalized spacial score (nSPS) is 17.9. The third kappa shape index (κ3) is 5.49. The summed E-state index contributed by atoms with van der Waals surface area (Å²) >= 11 is 1.48. The smallest absolute Gasteiger partial charge is 0.410 e. The molecule has 1 N–H and O–H groups in total. The van der Waals surface area contributed by atoms with E-state index < -0.39 is 5.60 Å². The van der Waals surface area contributed by atoms with Gasteiger partial charge in [0.05, 0.1) is 10.2 Å². The molecule has 0 aliphatic carbocycles. The molecule has 0 atom stereocenters. The van der Waals surface area contributed by atoms with Gasteiger partial charge in [-0.3, -0.25) is 15.0 Å². The van der Waals surface area contributed by atoms with Crippen LogP contribution in [-0.4, -0.2) is 58.6 Å². The van der Waals surface area contributed by atoms with E-state index in [2.05, 4.69) is 15.2 Å². The molecule has 2 aromatic carbocycles. The van der Waals surface area contributed by atoms with Crippen molar-refractivity contribution in [1.82, 2.24) is 14.8 Å². The third-order valence-electron chi connectivity index (χ3n) is 6.76. The molecule has 2 fully saturated rings. The summed E-state index contributed by atoms with van der Waals surface area (Å²) < 4.78 is 6.55. The first-order valence-corrected chi connectivity index (χ1v) is 13.0. The summed E-state index contributed by atoms with van der Waals surface area (Å²) in [5.74, 6) is -0.143. The van der Waals surface area contributed by atoms with E-state index in [-0.39, 0.29) is 17.4 Å². The Morgan fingerprint density at radius 3 is 2.40 bits per heavy atom. The molecule has 2 aliphatic rings. The van der Waals surface area contributed by atoms with E-state index in [0.29, 0.717) is 10.7 Å². The van der Waals surface area contributed by atoms with Gasteiger partial charge in [-0.05, 0) is 76.5 Å². The number of carbonyl (C=O) groups excluding carboxylic acids is 2. The first kappa shape index (κ1) is 23.8. The Kier molecular flexibility index (Phi) is 6.27. The zero-order chi connectivity index (χ0) is 24.6. The number of piperidine rings is 1. The van der Waals surface area contributed by atoms with Gasteiger partial charge in [-0.2, -0.15) is 0 Å². The van der Waals surface area contributed by atoms with Crippen molar-refractivity contribution in [3.05, 3.63) is 59.7 Å². The Labute approximate surface area is 210 Å². The molecule has 1 spiro atoms. The molecule has 0 unspecified atom stereocenters. The lowest BCUT2D eigenvalue weighted by atomic mass is 9.72. The third-order valence-corrected chi connectivity index (χ3v) is 7.71. The second-order valence-electron chi connectivity index (χ2n) is 10.8. The van der Waals surface area contributed by atoms with Gasteiger partial charge in [0, 0.05) is 30.6 Å². The largest absolute Gasteiger partial charge is 0.444 e. The van der Waals surface area contributed by atoms with Crippen LogP contribution >= 0.6 is 11.3 Å². The molecule has 35 heavy (non-hydrogen) atoms. The fourth-order valence-corrected chi connectivity index (χ4v) is 5.70. The lowest BCUT2D eigenvalue weighted by Crippen LogP contribution is -2.62. The quantitative estimate of drug-likeness (QED) is 0.529. The average molecular weight is 493 g/mol. The van der Waals surface area contributed by atoms with Crippen molar-refractivity contribution in [3.8, 4) is 0 Å². The van der Waals surface area contributed by atoms with Crippen LogP contribution in [0.1, 0.15) is 49.5 Å². The number of carbonyl (C=O) groups is 2. The van der Waals surface area contributed by atoms with Crippen molar-refractivity contribution in [2.45, 2.75) is 45.8 Å². The van der Waals surface area contributed by atoms with E-state index in [4.69, 9.17) is 4.74 Å². The summed E-state index contributed by atoms with van der Waals surface area (Å²) in [5.41, 5.74) is 2.51. The number of hydrogen-bond donors (Lipinski definition) is 1. The van der Waals surface area contributed by atoms with Gasteiger partial charge in [-0.25, -0.2) is 9.78 Å². The summed E-state index contributed by atoms with van der Waals surface area (Å²) in [4.78, 5) is 33.7. The number of hydrogen-bond acceptors (Lipinski definition) is 6. The van der Waals surface area contributed by atoms with Crippen LogP contribution in [0, 0.1) is 5.41 Å². The maximum absolute atomic E-state index is 12.7. The Morgan fingerprint density at radius 1 is 1.06 bits per heavy atom. The molecule has 0 saturated carbocycles. The fraction of sp³-hybridized carbons (Fsp3) is 0.444. The van der Waals surface area contributed by atoms with Crippen LogP contribution in [-0.2, 0) is 11.3 Å². The van der Waals surface area contributed by atoms with Gasteiger partial charge in [-0.15, -0.1) is 0 Å². The number of thiazole rings is 1. The number of aromatic nitrogens is 1. The van der Waals surface area contributed by atoms with Crippen molar-refractivity contribution in [3.63, 3.8) is 0 Å². The van der Waals surface area contributed by atoms with Crippen molar-refractivity contribution in [2.24, 2.45) is 5.41 Å². The monoisotopic (exact) mass is 492 g/mol. The van der Waals surface area contributed by atoms with Gasteiger partial charge >= 0.3 is 6.09 Å². The highest BCUT2D eigenvalue weighted by Gasteiger charge is 2.47. The lowest BCUT2D eigenvalue weighted by molar-refractivity contribution is -0.0600. The van der Waals surface area contributed by atoms with Crippen molar-refractivity contribution in [2.75, 3.05) is 31.5 Å². The Morgan fingerprint density at radius 2 is 1.74 bits per heavy atom. The Bertz CT molecular complexity index is 1180. The molecule has 0 radical (unpaired) electrons. The molecule has 5 rings (SSSR count). The average Bonchev–Trinajstić information content (AvgIpc) is 3.20. The van der Waals surface area contributed by atoms with E-state index in [9.17, 15) is 9.59 Å². The van der Waals surface area contributed by atoms with E-state index in [1.807, 2.05) is 74.2 Å². The van der Waals surface area contributed by atoms with Gasteiger partial charge in [-0.1, -0.05) is 35.6 Å². The Hall–Kier alpha value is -2.97. The molecule has 3 aromatic rings. The number of fused-ring (bicyclic) bond motifs is 1. The maximum Gasteiger partial charge on any atom is 0.410 e. The molecule has 1 aromatic heterocycles. The molecular weight excluding hydrogens is 460 g/mol. The summed E-state index contributed by atoms with van der Waals surface area (Å²) in [7, 11) is 0. The summed E-state index contributed by atoms with van der Waals surface area (Å²) in [6, 6.07) is 15.7. The number of para-hydroxylation sites is 1. The lowest BCUT2D eigenvalue weighted by Gasteiger charge is -2.53.